The molecule has 0 aliphatic carbocycles. The molecule has 0 aliphatic heterocycles. The molecule has 1 heterocycles. The normalized spacial score (nSPS) is 11.1. The van der Waals surface area contributed by atoms with Crippen LogP contribution in [0.3, 0.4) is 0 Å². The van der Waals surface area contributed by atoms with Crippen molar-refractivity contribution in [2.24, 2.45) is 0 Å². The van der Waals surface area contributed by atoms with Crippen molar-refractivity contribution in [1.29, 1.82) is 0 Å². The van der Waals surface area contributed by atoms with Gasteiger partial charge in [0.2, 0.25) is 0 Å². The lowest BCUT2D eigenvalue weighted by Gasteiger charge is -2.10. The van der Waals surface area contributed by atoms with Crippen molar-refractivity contribution in [2.75, 3.05) is 5.73 Å². The first kappa shape index (κ1) is 9.00. The molecule has 72 valence electrons. The van der Waals surface area contributed by atoms with Crippen LogP contribution in [-0.2, 0) is 0 Å². The Bertz CT molecular complexity index is 456. The first-order valence-electron chi connectivity index (χ1n) is 4.83. The number of rotatable bonds is 1. The first-order valence-corrected chi connectivity index (χ1v) is 4.83. The maximum Gasteiger partial charge on any atom is 0.131 e. The third kappa shape index (κ3) is 1.33. The fourth-order valence-corrected chi connectivity index (χ4v) is 1.77. The van der Waals surface area contributed by atoms with E-state index < -0.39 is 0 Å². The van der Waals surface area contributed by atoms with Gasteiger partial charge in [-0.15, -0.1) is 0 Å². The Kier molecular flexibility index (Phi) is 2.12. The zero-order chi connectivity index (χ0) is 10.1. The van der Waals surface area contributed by atoms with Crippen molar-refractivity contribution >= 4 is 16.6 Å². The lowest BCUT2D eigenvalue weighted by Crippen LogP contribution is -1.96. The first-order chi connectivity index (χ1) is 6.70. The molecule has 2 rings (SSSR count). The number of hydrogen-bond donors (Lipinski definition) is 1. The summed E-state index contributed by atoms with van der Waals surface area (Å²) < 4.78 is 0. The van der Waals surface area contributed by atoms with Crippen molar-refractivity contribution in [2.45, 2.75) is 19.8 Å². The molecule has 0 fully saturated rings. The van der Waals surface area contributed by atoms with Gasteiger partial charge in [0.15, 0.2) is 0 Å². The molecule has 2 N–H and O–H groups in total. The van der Waals surface area contributed by atoms with E-state index in [9.17, 15) is 0 Å². The largest absolute Gasteiger partial charge is 0.383 e. The Hall–Kier alpha value is -1.57. The molecule has 0 bridgehead atoms. The van der Waals surface area contributed by atoms with E-state index in [1.165, 1.54) is 10.9 Å². The van der Waals surface area contributed by atoms with Gasteiger partial charge in [0.25, 0.3) is 0 Å². The molecule has 0 amide bonds. The number of nitrogens with zero attached hydrogens (tertiary/aromatic N) is 1. The Labute approximate surface area is 83.8 Å². The van der Waals surface area contributed by atoms with Crippen molar-refractivity contribution in [3.63, 3.8) is 0 Å². The topological polar surface area (TPSA) is 38.9 Å². The smallest absolute Gasteiger partial charge is 0.131 e. The van der Waals surface area contributed by atoms with Crippen LogP contribution in [0, 0.1) is 0 Å². The monoisotopic (exact) mass is 186 g/mol. The molecule has 1 aromatic carbocycles. The summed E-state index contributed by atoms with van der Waals surface area (Å²) in [4.78, 5) is 4.13. The fourth-order valence-electron chi connectivity index (χ4n) is 1.77. The van der Waals surface area contributed by atoms with Crippen LogP contribution in [0.15, 0.2) is 30.5 Å². The highest BCUT2D eigenvalue weighted by Gasteiger charge is 2.07. The second-order valence-corrected chi connectivity index (χ2v) is 3.80. The van der Waals surface area contributed by atoms with E-state index in [2.05, 4.69) is 37.0 Å². The Balaban J connectivity index is 2.84. The lowest BCUT2D eigenvalue weighted by molar-refractivity contribution is 0.876. The Morgan fingerprint density at radius 3 is 2.71 bits per heavy atom. The van der Waals surface area contributed by atoms with E-state index in [4.69, 9.17) is 5.73 Å². The number of aromatic nitrogens is 1. The summed E-state index contributed by atoms with van der Waals surface area (Å²) in [6.45, 7) is 4.34. The van der Waals surface area contributed by atoms with Crippen LogP contribution in [0.2, 0.25) is 0 Å². The van der Waals surface area contributed by atoms with Crippen LogP contribution in [0.4, 0.5) is 5.82 Å². The van der Waals surface area contributed by atoms with Crippen LogP contribution in [0.1, 0.15) is 25.3 Å². The number of nitrogens with two attached hydrogens (primary N) is 1. The second-order valence-electron chi connectivity index (χ2n) is 3.80. The highest BCUT2D eigenvalue weighted by Crippen LogP contribution is 2.28. The molecule has 0 saturated carbocycles. The van der Waals surface area contributed by atoms with Gasteiger partial charge in [-0.3, -0.25) is 0 Å². The van der Waals surface area contributed by atoms with Gasteiger partial charge in [-0.05, 0) is 22.9 Å². The number of pyridine rings is 1. The zero-order valence-electron chi connectivity index (χ0n) is 8.49. The van der Waals surface area contributed by atoms with Gasteiger partial charge in [-0.2, -0.15) is 0 Å². The van der Waals surface area contributed by atoms with Crippen LogP contribution in [-0.4, -0.2) is 4.98 Å². The van der Waals surface area contributed by atoms with E-state index >= 15 is 0 Å². The van der Waals surface area contributed by atoms with Gasteiger partial charge < -0.3 is 5.73 Å². The standard InChI is InChI=1S/C12H14N2/c1-8(2)10-5-3-4-9-6-7-14-12(13)11(9)10/h3-8H,1-2H3,(H2,13,14). The van der Waals surface area contributed by atoms with Gasteiger partial charge in [-0.25, -0.2) is 4.98 Å². The molecule has 0 atom stereocenters. The Morgan fingerprint density at radius 1 is 1.21 bits per heavy atom. The van der Waals surface area contributed by atoms with Crippen LogP contribution in [0.5, 0.6) is 0 Å². The van der Waals surface area contributed by atoms with Crippen molar-refractivity contribution in [3.05, 3.63) is 36.0 Å². The average Bonchev–Trinajstić information content (AvgIpc) is 2.17. The van der Waals surface area contributed by atoms with Crippen molar-refractivity contribution in [3.8, 4) is 0 Å². The summed E-state index contributed by atoms with van der Waals surface area (Å²) in [5.41, 5.74) is 7.16. The van der Waals surface area contributed by atoms with E-state index in [1.54, 1.807) is 6.20 Å². The van der Waals surface area contributed by atoms with Crippen molar-refractivity contribution in [1.82, 2.24) is 4.98 Å². The summed E-state index contributed by atoms with van der Waals surface area (Å²) >= 11 is 0. The Morgan fingerprint density at radius 2 is 2.00 bits per heavy atom. The molecular weight excluding hydrogens is 172 g/mol. The zero-order valence-corrected chi connectivity index (χ0v) is 8.49. The fraction of sp³-hybridized carbons (Fsp3) is 0.250. The third-order valence-electron chi connectivity index (χ3n) is 2.47. The number of benzene rings is 1. The van der Waals surface area contributed by atoms with E-state index in [-0.39, 0.29) is 0 Å². The molecule has 0 aliphatic rings. The maximum atomic E-state index is 5.88. The SMILES string of the molecule is CC(C)c1cccc2ccnc(N)c12. The van der Waals surface area contributed by atoms with E-state index in [1.807, 2.05) is 6.07 Å². The molecule has 2 nitrogen and oxygen atoms in total. The predicted octanol–water partition coefficient (Wildman–Crippen LogP) is 2.94. The van der Waals surface area contributed by atoms with Gasteiger partial charge in [0.1, 0.15) is 5.82 Å². The highest BCUT2D eigenvalue weighted by atomic mass is 14.8. The molecule has 14 heavy (non-hydrogen) atoms. The summed E-state index contributed by atoms with van der Waals surface area (Å²) in [7, 11) is 0. The van der Waals surface area contributed by atoms with Gasteiger partial charge in [-0.1, -0.05) is 32.0 Å². The van der Waals surface area contributed by atoms with Gasteiger partial charge in [0, 0.05) is 11.6 Å². The number of fused-ring (bicyclic) bond motifs is 1. The lowest BCUT2D eigenvalue weighted by atomic mass is 9.97. The third-order valence-corrected chi connectivity index (χ3v) is 2.47. The molecule has 0 spiro atoms. The molecule has 0 radical (unpaired) electrons. The minimum absolute atomic E-state index is 0.477. The van der Waals surface area contributed by atoms with Crippen LogP contribution in [0.25, 0.3) is 10.8 Å². The molecule has 0 saturated heterocycles. The second kappa shape index (κ2) is 3.29. The minimum Gasteiger partial charge on any atom is -0.383 e. The van der Waals surface area contributed by atoms with Crippen LogP contribution >= 0.6 is 0 Å². The molecule has 0 unspecified atom stereocenters. The van der Waals surface area contributed by atoms with Gasteiger partial charge >= 0.3 is 0 Å². The van der Waals surface area contributed by atoms with Crippen molar-refractivity contribution < 1.29 is 0 Å². The predicted molar refractivity (Wildman–Crippen MR) is 60.2 cm³/mol. The summed E-state index contributed by atoms with van der Waals surface area (Å²) in [5.74, 6) is 1.11. The minimum atomic E-state index is 0.477. The van der Waals surface area contributed by atoms with E-state index in [0.717, 1.165) is 5.39 Å². The number of hydrogen-bond acceptors (Lipinski definition) is 2. The summed E-state index contributed by atoms with van der Waals surface area (Å²) in [6.07, 6.45) is 1.75. The quantitative estimate of drug-likeness (QED) is 0.743. The molecule has 2 aromatic rings. The summed E-state index contributed by atoms with van der Waals surface area (Å²) in [5, 5.41) is 2.27. The maximum absolute atomic E-state index is 5.88. The molecular formula is C12H14N2. The number of nitrogen functional groups attached to an aromatic ring is 1. The average molecular weight is 186 g/mol. The van der Waals surface area contributed by atoms with Crippen LogP contribution < -0.4 is 5.73 Å². The summed E-state index contributed by atoms with van der Waals surface area (Å²) in [6, 6.07) is 8.25. The number of anilines is 1. The molecule has 1 aromatic heterocycles. The highest BCUT2D eigenvalue weighted by molar-refractivity contribution is 5.93. The van der Waals surface area contributed by atoms with E-state index in [0.29, 0.717) is 11.7 Å². The van der Waals surface area contributed by atoms with Gasteiger partial charge in [0.05, 0.1) is 0 Å². The molecule has 2 heteroatoms.